The molecule has 0 saturated heterocycles. The van der Waals surface area contributed by atoms with E-state index in [0.29, 0.717) is 27.7 Å². The lowest BCUT2D eigenvalue weighted by Gasteiger charge is -2.09. The van der Waals surface area contributed by atoms with Gasteiger partial charge in [0.25, 0.3) is 0 Å². The number of aromatic nitrogens is 1. The number of ether oxygens (including phenoxy) is 1. The number of hydrogen-bond acceptors (Lipinski definition) is 3. The SMILES string of the molecule is COC(=O)c1cc(-c2ccccc2F)nc2ccccc12. The molecule has 0 unspecified atom stereocenters. The zero-order chi connectivity index (χ0) is 14.8. The van der Waals surface area contributed by atoms with Gasteiger partial charge >= 0.3 is 5.97 Å². The van der Waals surface area contributed by atoms with E-state index in [-0.39, 0.29) is 5.82 Å². The highest BCUT2D eigenvalue weighted by Crippen LogP contribution is 2.26. The van der Waals surface area contributed by atoms with Crippen LogP contribution in [0.3, 0.4) is 0 Å². The molecule has 0 spiro atoms. The second kappa shape index (κ2) is 5.32. The van der Waals surface area contributed by atoms with Gasteiger partial charge in [0.15, 0.2) is 0 Å². The van der Waals surface area contributed by atoms with Gasteiger partial charge < -0.3 is 4.74 Å². The maximum Gasteiger partial charge on any atom is 0.338 e. The smallest absolute Gasteiger partial charge is 0.338 e. The number of nitrogens with zero attached hydrogens (tertiary/aromatic N) is 1. The average Bonchev–Trinajstić information content (AvgIpc) is 2.53. The Balaban J connectivity index is 2.31. The second-order valence-corrected chi connectivity index (χ2v) is 4.54. The van der Waals surface area contributed by atoms with Gasteiger partial charge in [0, 0.05) is 10.9 Å². The first kappa shape index (κ1) is 13.2. The van der Waals surface area contributed by atoms with Crippen molar-refractivity contribution in [2.75, 3.05) is 7.11 Å². The lowest BCUT2D eigenvalue weighted by atomic mass is 10.0. The fourth-order valence-corrected chi connectivity index (χ4v) is 2.26. The zero-order valence-electron chi connectivity index (χ0n) is 11.3. The van der Waals surface area contributed by atoms with Crippen LogP contribution in [0, 0.1) is 5.82 Å². The molecule has 2 aromatic carbocycles. The summed E-state index contributed by atoms with van der Waals surface area (Å²) in [5.74, 6) is -0.845. The summed E-state index contributed by atoms with van der Waals surface area (Å²) in [7, 11) is 1.32. The molecular formula is C17H12FNO2. The minimum atomic E-state index is -0.466. The van der Waals surface area contributed by atoms with Crippen molar-refractivity contribution >= 4 is 16.9 Å². The first-order valence-corrected chi connectivity index (χ1v) is 6.43. The Morgan fingerprint density at radius 3 is 2.57 bits per heavy atom. The molecule has 1 heterocycles. The van der Waals surface area contributed by atoms with Crippen molar-refractivity contribution in [3.05, 3.63) is 66.0 Å². The summed E-state index contributed by atoms with van der Waals surface area (Å²) in [4.78, 5) is 16.4. The van der Waals surface area contributed by atoms with Crippen LogP contribution in [0.15, 0.2) is 54.6 Å². The number of halogens is 1. The minimum absolute atomic E-state index is 0.355. The third-order valence-electron chi connectivity index (χ3n) is 3.27. The van der Waals surface area contributed by atoms with E-state index >= 15 is 0 Å². The van der Waals surface area contributed by atoms with Crippen molar-refractivity contribution in [1.82, 2.24) is 4.98 Å². The van der Waals surface area contributed by atoms with Crippen LogP contribution in [0.1, 0.15) is 10.4 Å². The van der Waals surface area contributed by atoms with Crippen LogP contribution >= 0.6 is 0 Å². The highest BCUT2D eigenvalue weighted by Gasteiger charge is 2.15. The number of carbonyl (C=O) groups excluding carboxylic acids is 1. The molecule has 0 aliphatic heterocycles. The Bertz CT molecular complexity index is 830. The highest BCUT2D eigenvalue weighted by molar-refractivity contribution is 6.04. The second-order valence-electron chi connectivity index (χ2n) is 4.54. The first-order chi connectivity index (χ1) is 10.2. The van der Waals surface area contributed by atoms with Crippen LogP contribution in [0.4, 0.5) is 4.39 Å². The number of rotatable bonds is 2. The predicted octanol–water partition coefficient (Wildman–Crippen LogP) is 3.83. The monoisotopic (exact) mass is 281 g/mol. The summed E-state index contributed by atoms with van der Waals surface area (Å²) < 4.78 is 18.7. The molecule has 0 atom stereocenters. The van der Waals surface area contributed by atoms with Crippen molar-refractivity contribution in [3.63, 3.8) is 0 Å². The number of carbonyl (C=O) groups is 1. The molecule has 3 nitrogen and oxygen atoms in total. The summed E-state index contributed by atoms with van der Waals surface area (Å²) in [6, 6.07) is 15.1. The fraction of sp³-hybridized carbons (Fsp3) is 0.0588. The summed E-state index contributed by atoms with van der Waals surface area (Å²) in [5, 5.41) is 0.685. The van der Waals surface area contributed by atoms with E-state index in [2.05, 4.69) is 4.98 Å². The number of benzene rings is 2. The van der Waals surface area contributed by atoms with Crippen molar-refractivity contribution in [2.24, 2.45) is 0 Å². The lowest BCUT2D eigenvalue weighted by molar-refractivity contribution is 0.0603. The van der Waals surface area contributed by atoms with E-state index in [1.807, 2.05) is 12.1 Å². The highest BCUT2D eigenvalue weighted by atomic mass is 19.1. The molecular weight excluding hydrogens is 269 g/mol. The van der Waals surface area contributed by atoms with E-state index in [0.717, 1.165) is 0 Å². The Hall–Kier alpha value is -2.75. The Labute approximate surface area is 121 Å². The van der Waals surface area contributed by atoms with Gasteiger partial charge in [0.05, 0.1) is 23.9 Å². The van der Waals surface area contributed by atoms with Gasteiger partial charge in [-0.3, -0.25) is 0 Å². The summed E-state index contributed by atoms with van der Waals surface area (Å²) >= 11 is 0. The number of hydrogen-bond donors (Lipinski definition) is 0. The van der Waals surface area contributed by atoms with Crippen molar-refractivity contribution in [1.29, 1.82) is 0 Å². The van der Waals surface area contributed by atoms with Crippen molar-refractivity contribution < 1.29 is 13.9 Å². The Morgan fingerprint density at radius 2 is 1.81 bits per heavy atom. The van der Waals surface area contributed by atoms with Gasteiger partial charge in [0.1, 0.15) is 5.82 Å². The van der Waals surface area contributed by atoms with Crippen LogP contribution in [0.25, 0.3) is 22.2 Å². The molecule has 0 radical (unpaired) electrons. The topological polar surface area (TPSA) is 39.2 Å². The van der Waals surface area contributed by atoms with Crippen LogP contribution in [0.5, 0.6) is 0 Å². The fourth-order valence-electron chi connectivity index (χ4n) is 2.26. The van der Waals surface area contributed by atoms with E-state index in [9.17, 15) is 9.18 Å². The molecule has 0 amide bonds. The largest absolute Gasteiger partial charge is 0.465 e. The molecule has 0 fully saturated rings. The third kappa shape index (κ3) is 2.36. The van der Waals surface area contributed by atoms with Crippen LogP contribution in [-0.4, -0.2) is 18.1 Å². The molecule has 0 aliphatic carbocycles. The number of fused-ring (bicyclic) bond motifs is 1. The normalized spacial score (nSPS) is 10.6. The number of pyridine rings is 1. The average molecular weight is 281 g/mol. The Morgan fingerprint density at radius 1 is 1.10 bits per heavy atom. The molecule has 0 N–H and O–H groups in total. The number of para-hydroxylation sites is 1. The zero-order valence-corrected chi connectivity index (χ0v) is 11.3. The van der Waals surface area contributed by atoms with Crippen LogP contribution in [-0.2, 0) is 4.74 Å². The molecule has 3 aromatic rings. The number of esters is 1. The van der Waals surface area contributed by atoms with Gasteiger partial charge in [-0.15, -0.1) is 0 Å². The molecule has 0 bridgehead atoms. The molecule has 0 saturated carbocycles. The first-order valence-electron chi connectivity index (χ1n) is 6.43. The molecule has 21 heavy (non-hydrogen) atoms. The maximum atomic E-state index is 13.9. The lowest BCUT2D eigenvalue weighted by Crippen LogP contribution is -2.04. The van der Waals surface area contributed by atoms with Gasteiger partial charge in [-0.05, 0) is 24.3 Å². The standard InChI is InChI=1S/C17H12FNO2/c1-21-17(20)13-10-16(12-7-2-4-8-14(12)18)19-15-9-5-3-6-11(13)15/h2-10H,1H3. The van der Waals surface area contributed by atoms with Gasteiger partial charge in [0.2, 0.25) is 0 Å². The van der Waals surface area contributed by atoms with Crippen LogP contribution < -0.4 is 0 Å². The quantitative estimate of drug-likeness (QED) is 0.670. The number of methoxy groups -OCH3 is 1. The molecule has 1 aromatic heterocycles. The van der Waals surface area contributed by atoms with E-state index in [4.69, 9.17) is 4.74 Å². The van der Waals surface area contributed by atoms with E-state index < -0.39 is 5.97 Å². The summed E-state index contributed by atoms with van der Waals surface area (Å²) in [5.41, 5.74) is 1.76. The van der Waals surface area contributed by atoms with Gasteiger partial charge in [-0.1, -0.05) is 30.3 Å². The molecule has 4 heteroatoms. The van der Waals surface area contributed by atoms with Gasteiger partial charge in [-0.2, -0.15) is 0 Å². The van der Waals surface area contributed by atoms with Crippen LogP contribution in [0.2, 0.25) is 0 Å². The van der Waals surface area contributed by atoms with E-state index in [1.165, 1.54) is 13.2 Å². The van der Waals surface area contributed by atoms with Crippen molar-refractivity contribution in [2.45, 2.75) is 0 Å². The summed E-state index contributed by atoms with van der Waals surface area (Å²) in [6.45, 7) is 0. The Kier molecular flexibility index (Phi) is 3.36. The predicted molar refractivity (Wildman–Crippen MR) is 78.5 cm³/mol. The maximum absolute atomic E-state index is 13.9. The summed E-state index contributed by atoms with van der Waals surface area (Å²) in [6.07, 6.45) is 0. The van der Waals surface area contributed by atoms with E-state index in [1.54, 1.807) is 36.4 Å². The van der Waals surface area contributed by atoms with Gasteiger partial charge in [-0.25, -0.2) is 14.2 Å². The molecule has 0 aliphatic rings. The third-order valence-corrected chi connectivity index (χ3v) is 3.27. The minimum Gasteiger partial charge on any atom is -0.465 e. The van der Waals surface area contributed by atoms with Crippen molar-refractivity contribution in [3.8, 4) is 11.3 Å². The molecule has 3 rings (SSSR count). The molecule has 104 valence electrons.